The Kier molecular flexibility index (Phi) is 14.7. The molecule has 2 fully saturated rings. The minimum Gasteiger partial charge on any atom is -0.479 e. The molecular weight excluding hydrogens is 766 g/mol. The molecule has 0 aromatic heterocycles. The molecule has 4 amide bonds. The minimum absolute atomic E-state index is 0.0486. The Labute approximate surface area is 322 Å². The largest absolute Gasteiger partial charge is 0.479 e. The maximum atomic E-state index is 13.3. The highest BCUT2D eigenvalue weighted by Crippen LogP contribution is 2.30. The molecule has 0 radical (unpaired) electrons. The summed E-state index contributed by atoms with van der Waals surface area (Å²) < 4.78 is 52.9. The third-order valence-electron chi connectivity index (χ3n) is 9.14. The summed E-state index contributed by atoms with van der Waals surface area (Å²) in [5.41, 5.74) is 0.192. The van der Waals surface area contributed by atoms with Crippen molar-refractivity contribution < 1.29 is 81.1 Å². The molecule has 0 saturated carbocycles. The second-order valence-electron chi connectivity index (χ2n) is 14.5. The number of likely N-dealkylation sites (tertiary alicyclic amines) is 1. The molecule has 3 aliphatic rings. The van der Waals surface area contributed by atoms with Gasteiger partial charge < -0.3 is 49.6 Å². The molecule has 310 valence electrons. The van der Waals surface area contributed by atoms with Crippen molar-refractivity contribution in [2.24, 2.45) is 5.41 Å². The predicted octanol–water partition coefficient (Wildman–Crippen LogP) is -1.72. The van der Waals surface area contributed by atoms with Crippen molar-refractivity contribution in [2.75, 3.05) is 32.1 Å². The van der Waals surface area contributed by atoms with Crippen LogP contribution >= 0.6 is 0 Å². The van der Waals surface area contributed by atoms with Crippen LogP contribution < -0.4 is 10.1 Å². The van der Waals surface area contributed by atoms with Crippen molar-refractivity contribution in [2.45, 2.75) is 95.9 Å². The number of aliphatic hydroxyl groups excluding tert-OH is 3. The van der Waals surface area contributed by atoms with Crippen LogP contribution in [0, 0.1) is 5.41 Å². The number of rotatable bonds is 18. The summed E-state index contributed by atoms with van der Waals surface area (Å²) in [6.45, 7) is 3.84. The first kappa shape index (κ1) is 44.2. The first-order valence-electron chi connectivity index (χ1n) is 17.7. The number of amides is 4. The fourth-order valence-corrected chi connectivity index (χ4v) is 6.38. The van der Waals surface area contributed by atoms with Crippen LogP contribution in [0.3, 0.4) is 0 Å². The number of hydrogen-bond donors (Lipinski definition) is 6. The molecule has 20 nitrogen and oxygen atoms in total. The first-order chi connectivity index (χ1) is 26.2. The van der Waals surface area contributed by atoms with E-state index in [1.54, 1.807) is 39.0 Å². The van der Waals surface area contributed by atoms with Crippen LogP contribution in [0.4, 0.5) is 0 Å². The SMILES string of the molecule is CC(C)(C)C(=O)OCc1ccc(CCCCNC(=O)CN2C(=O)C(N3C(=O)C=CC3=O)C[C@H]2COCCS(=O)(=O)O)cc1O[C@@H]1O[C@H](C(=O)O)[C@@H](O)[C@H](O)[C@H]1O. The topological polar surface area (TPSA) is 293 Å². The number of esters is 1. The molecule has 1 unspecified atom stereocenters. The summed E-state index contributed by atoms with van der Waals surface area (Å²) in [6, 6.07) is 2.89. The molecule has 0 aliphatic carbocycles. The summed E-state index contributed by atoms with van der Waals surface area (Å²) in [5.74, 6) is -5.36. The Morgan fingerprint density at radius 2 is 1.68 bits per heavy atom. The van der Waals surface area contributed by atoms with Crippen LogP contribution in [0.5, 0.6) is 5.75 Å². The van der Waals surface area contributed by atoms with E-state index in [0.29, 0.717) is 30.4 Å². The number of ether oxygens (including phenoxy) is 4. The molecule has 0 bridgehead atoms. The molecule has 3 heterocycles. The van der Waals surface area contributed by atoms with E-state index in [1.807, 2.05) is 0 Å². The molecule has 2 saturated heterocycles. The van der Waals surface area contributed by atoms with E-state index in [4.69, 9.17) is 23.5 Å². The maximum absolute atomic E-state index is 13.3. The lowest BCUT2D eigenvalue weighted by Gasteiger charge is -2.38. The number of aliphatic carboxylic acids is 1. The van der Waals surface area contributed by atoms with Gasteiger partial charge in [-0.25, -0.2) is 4.79 Å². The van der Waals surface area contributed by atoms with Gasteiger partial charge in [0.05, 0.1) is 37.0 Å². The smallest absolute Gasteiger partial charge is 0.335 e. The molecule has 56 heavy (non-hydrogen) atoms. The third kappa shape index (κ3) is 11.5. The Morgan fingerprint density at radius 3 is 2.30 bits per heavy atom. The van der Waals surface area contributed by atoms with Gasteiger partial charge in [0.25, 0.3) is 21.9 Å². The second kappa shape index (κ2) is 18.6. The van der Waals surface area contributed by atoms with Gasteiger partial charge in [-0.1, -0.05) is 12.1 Å². The first-order valence-corrected chi connectivity index (χ1v) is 19.3. The number of imide groups is 1. The number of hydrogen-bond acceptors (Lipinski definition) is 15. The lowest BCUT2D eigenvalue weighted by atomic mass is 9.97. The number of aliphatic hydroxyl groups is 3. The highest BCUT2D eigenvalue weighted by atomic mass is 32.2. The van der Waals surface area contributed by atoms with Gasteiger partial charge in [-0.15, -0.1) is 0 Å². The van der Waals surface area contributed by atoms with Gasteiger partial charge in [-0.05, 0) is 51.7 Å². The van der Waals surface area contributed by atoms with Crippen molar-refractivity contribution in [1.29, 1.82) is 0 Å². The Hall–Kier alpha value is -4.51. The number of carbonyl (C=O) groups is 6. The number of nitrogens with zero attached hydrogens (tertiary/aromatic N) is 2. The highest BCUT2D eigenvalue weighted by Gasteiger charge is 2.49. The molecule has 1 aromatic rings. The zero-order valence-corrected chi connectivity index (χ0v) is 31.8. The van der Waals surface area contributed by atoms with E-state index in [0.717, 1.165) is 22.0 Å². The number of unbranched alkanes of at least 4 members (excludes halogenated alkanes) is 1. The molecule has 21 heteroatoms. The lowest BCUT2D eigenvalue weighted by Crippen LogP contribution is -2.61. The van der Waals surface area contributed by atoms with Crippen LogP contribution in [0.1, 0.15) is 51.2 Å². The number of carboxylic acid groups (broad SMARTS) is 1. The Morgan fingerprint density at radius 1 is 1.00 bits per heavy atom. The van der Waals surface area contributed by atoms with E-state index < -0.39 is 113 Å². The summed E-state index contributed by atoms with van der Waals surface area (Å²) in [6.07, 6.45) is -5.93. The van der Waals surface area contributed by atoms with Crippen molar-refractivity contribution >= 4 is 45.7 Å². The normalized spacial score (nSPS) is 25.5. The van der Waals surface area contributed by atoms with Crippen molar-refractivity contribution in [3.05, 3.63) is 41.5 Å². The molecular formula is C35H47N3O17S. The molecule has 4 rings (SSSR count). The van der Waals surface area contributed by atoms with E-state index in [1.165, 1.54) is 0 Å². The zero-order valence-electron chi connectivity index (χ0n) is 30.9. The van der Waals surface area contributed by atoms with Crippen LogP contribution in [0.2, 0.25) is 0 Å². The number of carbonyl (C=O) groups excluding carboxylic acids is 5. The van der Waals surface area contributed by atoms with Gasteiger partial charge in [0, 0.05) is 30.7 Å². The monoisotopic (exact) mass is 813 g/mol. The Bertz CT molecular complexity index is 1780. The number of benzene rings is 1. The molecule has 6 N–H and O–H groups in total. The second-order valence-corrected chi connectivity index (χ2v) is 16.1. The summed E-state index contributed by atoms with van der Waals surface area (Å²) in [5, 5.41) is 43.0. The molecule has 3 aliphatic heterocycles. The Balaban J connectivity index is 1.36. The van der Waals surface area contributed by atoms with Gasteiger partial charge in [0.2, 0.25) is 18.1 Å². The van der Waals surface area contributed by atoms with Gasteiger partial charge in [-0.2, -0.15) is 8.42 Å². The number of aryl methyl sites for hydroxylation is 1. The van der Waals surface area contributed by atoms with Gasteiger partial charge in [-0.3, -0.25) is 33.4 Å². The van der Waals surface area contributed by atoms with Crippen molar-refractivity contribution in [1.82, 2.24) is 15.1 Å². The summed E-state index contributed by atoms with van der Waals surface area (Å²) >= 11 is 0. The molecule has 7 atom stereocenters. The standard InChI is InChI=1S/C35H47N3O17S/c1-35(2,3)34(48)53-17-20-8-7-19(14-23(20)54-33-29(44)27(42)28(43)30(55-33)32(46)47)6-4-5-11-36-24(39)16-37-21(18-52-12-13-56(49,50)51)15-22(31(37)45)38-25(40)9-10-26(38)41/h7-10,14,21-22,27-30,33,42-44H,4-6,11-13,15-18H2,1-3H3,(H,36,39)(H,46,47)(H,49,50,51)/t21-,22?,27-,28-,29+,30-,33+/m0/s1. The van der Waals surface area contributed by atoms with E-state index in [9.17, 15) is 57.6 Å². The fraction of sp³-hybridized carbons (Fsp3) is 0.600. The quantitative estimate of drug-likeness (QED) is 0.0416. The maximum Gasteiger partial charge on any atom is 0.335 e. The summed E-state index contributed by atoms with van der Waals surface area (Å²) in [7, 11) is -4.31. The highest BCUT2D eigenvalue weighted by molar-refractivity contribution is 7.85. The number of carboxylic acids is 1. The minimum atomic E-state index is -4.31. The van der Waals surface area contributed by atoms with E-state index in [-0.39, 0.29) is 31.9 Å². The van der Waals surface area contributed by atoms with Gasteiger partial charge in [0.15, 0.2) is 6.10 Å². The zero-order chi connectivity index (χ0) is 41.5. The van der Waals surface area contributed by atoms with Crippen molar-refractivity contribution in [3.8, 4) is 5.75 Å². The van der Waals surface area contributed by atoms with Crippen LogP contribution in [0.25, 0.3) is 0 Å². The van der Waals surface area contributed by atoms with E-state index in [2.05, 4.69) is 5.32 Å². The van der Waals surface area contributed by atoms with Crippen LogP contribution in [-0.2, 0) is 66.1 Å². The molecule has 1 aromatic carbocycles. The van der Waals surface area contributed by atoms with Gasteiger partial charge >= 0.3 is 11.9 Å². The molecule has 0 spiro atoms. The van der Waals surface area contributed by atoms with E-state index >= 15 is 0 Å². The fourth-order valence-electron chi connectivity index (χ4n) is 6.05. The summed E-state index contributed by atoms with van der Waals surface area (Å²) in [4.78, 5) is 76.8. The van der Waals surface area contributed by atoms with Crippen LogP contribution in [-0.4, -0.2) is 154 Å². The average Bonchev–Trinajstić information content (AvgIpc) is 3.60. The van der Waals surface area contributed by atoms with Crippen molar-refractivity contribution in [3.63, 3.8) is 0 Å². The predicted molar refractivity (Wildman–Crippen MR) is 189 cm³/mol. The third-order valence-corrected chi connectivity index (χ3v) is 9.82. The lowest BCUT2D eigenvalue weighted by molar-refractivity contribution is -0.271. The number of nitrogens with one attached hydrogen (secondary N) is 1. The van der Waals surface area contributed by atoms with Gasteiger partial charge in [0.1, 0.15) is 36.7 Å². The average molecular weight is 814 g/mol. The van der Waals surface area contributed by atoms with Crippen LogP contribution in [0.15, 0.2) is 30.4 Å².